The number of amides is 7. The van der Waals surface area contributed by atoms with Crippen molar-refractivity contribution in [2.45, 2.75) is 108 Å². The second-order valence-corrected chi connectivity index (χ2v) is 15.6. The van der Waals surface area contributed by atoms with Crippen molar-refractivity contribution in [3.63, 3.8) is 0 Å². The summed E-state index contributed by atoms with van der Waals surface area (Å²) in [4.78, 5) is 102. The topological polar surface area (TPSA) is 207 Å². The van der Waals surface area contributed by atoms with Crippen LogP contribution in [0.3, 0.4) is 0 Å². The standard InChI is InChI=1S/C40H49F2N7O9/c1-21-13-32-39(56)58-23(3)33(46-34(51)29(16-24-14-25(41)17-26(42)15-24)45-40(57)44-27-9-5-4-6-10-27)38(55)49-20-28(50)18-31(49)37(54)47-12-8-7-11-30(47)35(52)43-22(2)36(53)48(32)19-21/h4-6,9-10,14-15,17,21-23,28-33,50H,7-8,11-13,16,18-20H2,1-3H3,(H,43,52)(H,46,51)(H2,44,45,57)/t21-,22+,23+,28-,29+,30+,31+,32+,33+/m1/s1. The molecule has 4 aliphatic heterocycles. The summed E-state index contributed by atoms with van der Waals surface area (Å²) in [6.45, 7) is 4.68. The Kier molecular flexibility index (Phi) is 12.9. The maximum atomic E-state index is 14.7. The molecule has 2 aromatic carbocycles. The molecule has 58 heavy (non-hydrogen) atoms. The lowest BCUT2D eigenvalue weighted by atomic mass is 9.98. The number of piperidine rings is 1. The Morgan fingerprint density at radius 1 is 0.862 bits per heavy atom. The van der Waals surface area contributed by atoms with E-state index in [0.717, 1.165) is 17.0 Å². The largest absolute Gasteiger partial charge is 0.458 e. The maximum Gasteiger partial charge on any atom is 0.329 e. The van der Waals surface area contributed by atoms with E-state index in [-0.39, 0.29) is 50.4 Å². The van der Waals surface area contributed by atoms with E-state index in [1.165, 1.54) is 23.6 Å². The number of aliphatic hydroxyl groups excluding tert-OH is 1. The highest BCUT2D eigenvalue weighted by Gasteiger charge is 2.49. The van der Waals surface area contributed by atoms with Gasteiger partial charge in [-0.3, -0.25) is 24.0 Å². The fraction of sp³-hybridized carbons (Fsp3) is 0.525. The molecule has 2 aromatic rings. The van der Waals surface area contributed by atoms with Gasteiger partial charge in [-0.25, -0.2) is 18.4 Å². The number of hydrogen-bond donors (Lipinski definition) is 5. The summed E-state index contributed by atoms with van der Waals surface area (Å²) in [5, 5.41) is 21.2. The highest BCUT2D eigenvalue weighted by Crippen LogP contribution is 2.29. The minimum Gasteiger partial charge on any atom is -0.458 e. The summed E-state index contributed by atoms with van der Waals surface area (Å²) in [6, 6.07) is 2.23. The molecule has 7 amide bonds. The van der Waals surface area contributed by atoms with Gasteiger partial charge in [0.15, 0.2) is 0 Å². The molecule has 0 aliphatic carbocycles. The lowest BCUT2D eigenvalue weighted by molar-refractivity contribution is -0.163. The van der Waals surface area contributed by atoms with Gasteiger partial charge in [-0.1, -0.05) is 25.1 Å². The Morgan fingerprint density at radius 2 is 1.55 bits per heavy atom. The van der Waals surface area contributed by atoms with E-state index in [2.05, 4.69) is 21.3 Å². The van der Waals surface area contributed by atoms with Gasteiger partial charge < -0.3 is 45.8 Å². The normalized spacial score (nSPS) is 28.8. The highest BCUT2D eigenvalue weighted by atomic mass is 19.1. The van der Waals surface area contributed by atoms with E-state index in [1.807, 2.05) is 6.92 Å². The van der Waals surface area contributed by atoms with Crippen LogP contribution in [0.25, 0.3) is 0 Å². The first kappa shape index (κ1) is 42.0. The fourth-order valence-electron chi connectivity index (χ4n) is 8.25. The molecule has 6 rings (SSSR count). The molecule has 0 aromatic heterocycles. The molecule has 18 heteroatoms. The Morgan fingerprint density at radius 3 is 2.26 bits per heavy atom. The van der Waals surface area contributed by atoms with Crippen molar-refractivity contribution in [2.75, 3.05) is 25.0 Å². The Balaban J connectivity index is 1.36. The molecular formula is C40H49F2N7O9. The van der Waals surface area contributed by atoms with Crippen LogP contribution in [-0.4, -0.2) is 129 Å². The predicted molar refractivity (Wildman–Crippen MR) is 202 cm³/mol. The van der Waals surface area contributed by atoms with E-state index >= 15 is 0 Å². The van der Waals surface area contributed by atoms with Crippen LogP contribution in [0.2, 0.25) is 0 Å². The van der Waals surface area contributed by atoms with Gasteiger partial charge in [0.25, 0.3) is 0 Å². The van der Waals surface area contributed by atoms with Crippen molar-refractivity contribution in [2.24, 2.45) is 5.92 Å². The number of urea groups is 1. The zero-order chi connectivity index (χ0) is 41.8. The van der Waals surface area contributed by atoms with Crippen LogP contribution < -0.4 is 21.3 Å². The number of nitrogens with zero attached hydrogens (tertiary/aromatic N) is 3. The molecule has 5 N–H and O–H groups in total. The third-order valence-electron chi connectivity index (χ3n) is 11.1. The van der Waals surface area contributed by atoms with Crippen molar-refractivity contribution in [3.8, 4) is 0 Å². The van der Waals surface area contributed by atoms with Crippen molar-refractivity contribution >= 4 is 47.2 Å². The zero-order valence-corrected chi connectivity index (χ0v) is 32.5. The quantitative estimate of drug-likeness (QED) is 0.266. The molecule has 4 aliphatic rings. The maximum absolute atomic E-state index is 14.7. The van der Waals surface area contributed by atoms with Gasteiger partial charge in [0.2, 0.25) is 29.5 Å². The van der Waals surface area contributed by atoms with Crippen molar-refractivity contribution in [1.82, 2.24) is 30.7 Å². The van der Waals surface area contributed by atoms with Gasteiger partial charge in [-0.2, -0.15) is 0 Å². The molecule has 4 heterocycles. The van der Waals surface area contributed by atoms with E-state index in [1.54, 1.807) is 30.3 Å². The first-order valence-electron chi connectivity index (χ1n) is 19.6. The first-order valence-corrected chi connectivity index (χ1v) is 19.6. The summed E-state index contributed by atoms with van der Waals surface area (Å²) < 4.78 is 34.4. The number of carbonyl (C=O) groups is 7. The van der Waals surface area contributed by atoms with Crippen molar-refractivity contribution in [3.05, 3.63) is 65.7 Å². The summed E-state index contributed by atoms with van der Waals surface area (Å²) >= 11 is 0. The van der Waals surface area contributed by atoms with Gasteiger partial charge in [-0.15, -0.1) is 0 Å². The van der Waals surface area contributed by atoms with Gasteiger partial charge in [-0.05, 0) is 75.3 Å². The number of esters is 1. The van der Waals surface area contributed by atoms with Crippen LogP contribution >= 0.6 is 0 Å². The number of nitrogens with one attached hydrogen (secondary N) is 4. The lowest BCUT2D eigenvalue weighted by Gasteiger charge is -2.39. The Hall–Kier alpha value is -5.65. The number of halogens is 2. The fourth-order valence-corrected chi connectivity index (χ4v) is 8.25. The molecular weight excluding hydrogens is 760 g/mol. The highest BCUT2D eigenvalue weighted by molar-refractivity contribution is 5.99. The van der Waals surface area contributed by atoms with Crippen LogP contribution in [0, 0.1) is 17.6 Å². The lowest BCUT2D eigenvalue weighted by Crippen LogP contribution is -2.63. The van der Waals surface area contributed by atoms with Crippen LogP contribution in [0.15, 0.2) is 48.5 Å². The number of aliphatic hydroxyl groups is 1. The summed E-state index contributed by atoms with van der Waals surface area (Å²) in [6.07, 6.45) is -1.59. The minimum atomic E-state index is -1.74. The van der Waals surface area contributed by atoms with E-state index in [9.17, 15) is 47.4 Å². The van der Waals surface area contributed by atoms with Crippen molar-refractivity contribution in [1.29, 1.82) is 0 Å². The Labute approximate surface area is 334 Å². The number of hydrogen-bond acceptors (Lipinski definition) is 9. The number of para-hydroxylation sites is 1. The summed E-state index contributed by atoms with van der Waals surface area (Å²) in [5.74, 6) is -6.57. The molecule has 0 radical (unpaired) electrons. The number of fused-ring (bicyclic) bond motifs is 3. The van der Waals surface area contributed by atoms with Crippen LogP contribution in [0.1, 0.15) is 58.4 Å². The number of anilines is 1. The van der Waals surface area contributed by atoms with Crippen LogP contribution in [0.5, 0.6) is 0 Å². The molecule has 0 bridgehead atoms. The van der Waals surface area contributed by atoms with Gasteiger partial charge in [0.05, 0.1) is 6.10 Å². The molecule has 0 spiro atoms. The monoisotopic (exact) mass is 809 g/mol. The summed E-state index contributed by atoms with van der Waals surface area (Å²) in [5.41, 5.74) is 0.355. The van der Waals surface area contributed by atoms with Crippen LogP contribution in [-0.2, 0) is 39.9 Å². The number of benzene rings is 2. The SMILES string of the molecule is C[C@@H]1C[C@H]2C(=O)O[C@@H](C)[C@H](NC(=O)[C@H](Cc3cc(F)cc(F)c3)NC(=O)Nc3ccccc3)C(=O)N3C[C@H](O)C[C@H]3C(=O)N3CCCC[C@H]3C(=O)N[C@@H](C)C(=O)N2C1. The number of cyclic esters (lactones) is 1. The third-order valence-corrected chi connectivity index (χ3v) is 11.1. The minimum absolute atomic E-state index is 0.00996. The number of rotatable bonds is 6. The smallest absolute Gasteiger partial charge is 0.329 e. The molecule has 4 fully saturated rings. The van der Waals surface area contributed by atoms with Crippen molar-refractivity contribution < 1.29 is 52.2 Å². The molecule has 4 saturated heterocycles. The molecule has 16 nitrogen and oxygen atoms in total. The Bertz CT molecular complexity index is 1900. The van der Waals surface area contributed by atoms with Gasteiger partial charge in [0, 0.05) is 44.2 Å². The molecule has 9 atom stereocenters. The molecule has 0 saturated carbocycles. The number of carbonyl (C=O) groups excluding carboxylic acids is 7. The van der Waals surface area contributed by atoms with Gasteiger partial charge >= 0.3 is 12.0 Å². The zero-order valence-electron chi connectivity index (χ0n) is 32.5. The average Bonchev–Trinajstić information content (AvgIpc) is 3.77. The third kappa shape index (κ3) is 9.54. The molecule has 312 valence electrons. The predicted octanol–water partition coefficient (Wildman–Crippen LogP) is 1.21. The van der Waals surface area contributed by atoms with E-state index in [0.29, 0.717) is 24.6 Å². The number of ether oxygens (including phenoxy) is 1. The van der Waals surface area contributed by atoms with E-state index in [4.69, 9.17) is 4.74 Å². The van der Waals surface area contributed by atoms with Crippen LogP contribution in [0.4, 0.5) is 19.3 Å². The second kappa shape index (κ2) is 17.9. The first-order chi connectivity index (χ1) is 27.6. The van der Waals surface area contributed by atoms with E-state index < -0.39 is 108 Å². The summed E-state index contributed by atoms with van der Waals surface area (Å²) in [7, 11) is 0. The van der Waals surface area contributed by atoms with Gasteiger partial charge in [0.1, 0.15) is 54.0 Å². The molecule has 0 unspecified atom stereocenters. The second-order valence-electron chi connectivity index (χ2n) is 15.6. The average molecular weight is 810 g/mol.